The molecule has 1 aromatic carbocycles. The zero-order valence-corrected chi connectivity index (χ0v) is 9.21. The molecule has 1 aromatic heterocycles. The molecule has 0 unspecified atom stereocenters. The summed E-state index contributed by atoms with van der Waals surface area (Å²) in [6.45, 7) is 2.37. The van der Waals surface area contributed by atoms with E-state index < -0.39 is 0 Å². The van der Waals surface area contributed by atoms with Gasteiger partial charge < -0.3 is 10.2 Å². The molecule has 0 radical (unpaired) electrons. The van der Waals surface area contributed by atoms with Crippen LogP contribution in [0.25, 0.3) is 11.1 Å². The number of hydrogen-bond donors (Lipinski definition) is 1. The SMILES string of the molecule is Cc1ccc(-c2ccoc2CN)cc1Cl. The van der Waals surface area contributed by atoms with Crippen molar-refractivity contribution >= 4 is 11.6 Å². The second-order valence-corrected chi connectivity index (χ2v) is 3.83. The van der Waals surface area contributed by atoms with Crippen LogP contribution in [0.1, 0.15) is 11.3 Å². The van der Waals surface area contributed by atoms with E-state index in [9.17, 15) is 0 Å². The van der Waals surface area contributed by atoms with E-state index in [-0.39, 0.29) is 0 Å². The van der Waals surface area contributed by atoms with Gasteiger partial charge in [0.2, 0.25) is 0 Å². The zero-order chi connectivity index (χ0) is 10.8. The summed E-state index contributed by atoms with van der Waals surface area (Å²) in [6.07, 6.45) is 1.64. The van der Waals surface area contributed by atoms with Crippen molar-refractivity contribution in [3.8, 4) is 11.1 Å². The summed E-state index contributed by atoms with van der Waals surface area (Å²) in [5, 5.41) is 0.761. The van der Waals surface area contributed by atoms with E-state index in [0.29, 0.717) is 6.54 Å². The van der Waals surface area contributed by atoms with Crippen molar-refractivity contribution in [2.75, 3.05) is 0 Å². The largest absolute Gasteiger partial charge is 0.467 e. The second-order valence-electron chi connectivity index (χ2n) is 3.43. The van der Waals surface area contributed by atoms with E-state index in [1.165, 1.54) is 0 Å². The third-order valence-electron chi connectivity index (χ3n) is 2.41. The van der Waals surface area contributed by atoms with Crippen LogP contribution < -0.4 is 5.73 Å². The zero-order valence-electron chi connectivity index (χ0n) is 8.46. The van der Waals surface area contributed by atoms with Gasteiger partial charge in [0, 0.05) is 10.6 Å². The van der Waals surface area contributed by atoms with Crippen molar-refractivity contribution in [2.45, 2.75) is 13.5 Å². The van der Waals surface area contributed by atoms with Crippen LogP contribution in [0.5, 0.6) is 0 Å². The smallest absolute Gasteiger partial charge is 0.125 e. The van der Waals surface area contributed by atoms with E-state index in [1.54, 1.807) is 6.26 Å². The molecule has 0 aliphatic heterocycles. The van der Waals surface area contributed by atoms with Crippen LogP contribution in [-0.4, -0.2) is 0 Å². The highest BCUT2D eigenvalue weighted by Crippen LogP contribution is 2.28. The first-order valence-corrected chi connectivity index (χ1v) is 5.13. The van der Waals surface area contributed by atoms with Crippen molar-refractivity contribution in [3.05, 3.63) is 46.9 Å². The fourth-order valence-corrected chi connectivity index (χ4v) is 1.70. The Kier molecular flexibility index (Phi) is 2.80. The predicted molar refractivity (Wildman–Crippen MR) is 61.8 cm³/mol. The van der Waals surface area contributed by atoms with Gasteiger partial charge in [0.1, 0.15) is 5.76 Å². The van der Waals surface area contributed by atoms with Gasteiger partial charge in [-0.15, -0.1) is 0 Å². The van der Waals surface area contributed by atoms with Crippen molar-refractivity contribution in [3.63, 3.8) is 0 Å². The molecule has 0 spiro atoms. The van der Waals surface area contributed by atoms with Crippen LogP contribution in [0.2, 0.25) is 5.02 Å². The topological polar surface area (TPSA) is 39.2 Å². The molecule has 0 amide bonds. The fourth-order valence-electron chi connectivity index (χ4n) is 1.52. The lowest BCUT2D eigenvalue weighted by atomic mass is 10.0. The minimum absolute atomic E-state index is 0.397. The highest BCUT2D eigenvalue weighted by molar-refractivity contribution is 6.31. The Hall–Kier alpha value is -1.25. The van der Waals surface area contributed by atoms with Crippen LogP contribution in [0.4, 0.5) is 0 Å². The average molecular weight is 222 g/mol. The van der Waals surface area contributed by atoms with Crippen molar-refractivity contribution in [2.24, 2.45) is 5.73 Å². The van der Waals surface area contributed by atoms with Crippen molar-refractivity contribution in [1.29, 1.82) is 0 Å². The highest BCUT2D eigenvalue weighted by Gasteiger charge is 2.07. The van der Waals surface area contributed by atoms with Crippen LogP contribution in [0, 0.1) is 6.92 Å². The summed E-state index contributed by atoms with van der Waals surface area (Å²) in [7, 11) is 0. The Morgan fingerprint density at radius 3 is 2.80 bits per heavy atom. The maximum absolute atomic E-state index is 6.06. The molecule has 2 nitrogen and oxygen atoms in total. The lowest BCUT2D eigenvalue weighted by molar-refractivity contribution is 0.513. The van der Waals surface area contributed by atoms with Gasteiger partial charge >= 0.3 is 0 Å². The predicted octanol–water partition coefficient (Wildman–Crippen LogP) is 3.37. The average Bonchev–Trinajstić information content (AvgIpc) is 2.70. The van der Waals surface area contributed by atoms with Gasteiger partial charge in [0.25, 0.3) is 0 Å². The summed E-state index contributed by atoms with van der Waals surface area (Å²) in [6, 6.07) is 7.85. The second kappa shape index (κ2) is 4.09. The van der Waals surface area contributed by atoms with Crippen molar-refractivity contribution in [1.82, 2.24) is 0 Å². The molecule has 0 bridgehead atoms. The molecule has 0 atom stereocenters. The number of nitrogens with two attached hydrogens (primary N) is 1. The first-order chi connectivity index (χ1) is 7.22. The molecule has 0 saturated carbocycles. The maximum Gasteiger partial charge on any atom is 0.125 e. The summed E-state index contributed by atoms with van der Waals surface area (Å²) in [5.74, 6) is 0.787. The standard InChI is InChI=1S/C12H12ClNO/c1-8-2-3-9(6-11(8)13)10-4-5-15-12(10)7-14/h2-6H,7,14H2,1H3. The third-order valence-corrected chi connectivity index (χ3v) is 2.82. The van der Waals surface area contributed by atoms with E-state index in [0.717, 1.165) is 27.5 Å². The van der Waals surface area contributed by atoms with Gasteiger partial charge in [0.15, 0.2) is 0 Å². The number of benzene rings is 1. The Morgan fingerprint density at radius 1 is 1.33 bits per heavy atom. The highest BCUT2D eigenvalue weighted by atomic mass is 35.5. The molecular formula is C12H12ClNO. The lowest BCUT2D eigenvalue weighted by Gasteiger charge is -2.03. The lowest BCUT2D eigenvalue weighted by Crippen LogP contribution is -1.95. The van der Waals surface area contributed by atoms with Gasteiger partial charge in [0.05, 0.1) is 12.8 Å². The molecule has 78 valence electrons. The molecule has 0 fully saturated rings. The summed E-state index contributed by atoms with van der Waals surface area (Å²) in [5.41, 5.74) is 8.70. The van der Waals surface area contributed by atoms with E-state index >= 15 is 0 Å². The Bertz CT molecular complexity index is 476. The van der Waals surface area contributed by atoms with Gasteiger partial charge in [-0.1, -0.05) is 23.7 Å². The van der Waals surface area contributed by atoms with Crippen LogP contribution in [0.15, 0.2) is 34.9 Å². The van der Waals surface area contributed by atoms with E-state index in [1.807, 2.05) is 31.2 Å². The first-order valence-electron chi connectivity index (χ1n) is 4.75. The van der Waals surface area contributed by atoms with Gasteiger partial charge in [-0.25, -0.2) is 0 Å². The number of aryl methyl sites for hydroxylation is 1. The molecule has 1 heterocycles. The quantitative estimate of drug-likeness (QED) is 0.845. The van der Waals surface area contributed by atoms with Crippen LogP contribution in [-0.2, 0) is 6.54 Å². The van der Waals surface area contributed by atoms with Gasteiger partial charge in [-0.3, -0.25) is 0 Å². The molecule has 0 aliphatic carbocycles. The number of rotatable bonds is 2. The fraction of sp³-hybridized carbons (Fsp3) is 0.167. The molecule has 0 aliphatic rings. The summed E-state index contributed by atoms with van der Waals surface area (Å²) in [4.78, 5) is 0. The van der Waals surface area contributed by atoms with Crippen molar-refractivity contribution < 1.29 is 4.42 Å². The molecule has 3 heteroatoms. The first kappa shape index (κ1) is 10.3. The number of hydrogen-bond acceptors (Lipinski definition) is 2. The minimum atomic E-state index is 0.397. The summed E-state index contributed by atoms with van der Waals surface area (Å²) >= 11 is 6.06. The van der Waals surface area contributed by atoms with E-state index in [4.69, 9.17) is 21.8 Å². The summed E-state index contributed by atoms with van der Waals surface area (Å²) < 4.78 is 5.27. The third kappa shape index (κ3) is 1.91. The van der Waals surface area contributed by atoms with Crippen LogP contribution >= 0.6 is 11.6 Å². The Balaban J connectivity index is 2.50. The normalized spacial score (nSPS) is 10.6. The maximum atomic E-state index is 6.06. The molecule has 2 rings (SSSR count). The molecule has 0 saturated heterocycles. The Morgan fingerprint density at radius 2 is 2.13 bits per heavy atom. The van der Waals surface area contributed by atoms with Gasteiger partial charge in [-0.05, 0) is 30.2 Å². The number of halogens is 1. The molecule has 2 aromatic rings. The minimum Gasteiger partial charge on any atom is -0.467 e. The number of furan rings is 1. The molecule has 15 heavy (non-hydrogen) atoms. The molecular weight excluding hydrogens is 210 g/mol. The monoisotopic (exact) mass is 221 g/mol. The molecule has 2 N–H and O–H groups in total. The van der Waals surface area contributed by atoms with Gasteiger partial charge in [-0.2, -0.15) is 0 Å². The Labute approximate surface area is 93.7 Å². The van der Waals surface area contributed by atoms with E-state index in [2.05, 4.69) is 0 Å². The van der Waals surface area contributed by atoms with Crippen LogP contribution in [0.3, 0.4) is 0 Å².